The number of hydrogen-bond acceptors (Lipinski definition) is 2. The largest absolute Gasteiger partial charge is 0.305 e. The van der Waals surface area contributed by atoms with E-state index < -0.39 is 7.44 Å². The minimum absolute atomic E-state index is 0.244. The summed E-state index contributed by atoms with van der Waals surface area (Å²) in [6, 6.07) is 19.6. The minimum atomic E-state index is -3.03. The fourth-order valence-corrected chi connectivity index (χ4v) is 6.82. The molecule has 1 unspecified atom stereocenters. The first-order valence-corrected chi connectivity index (χ1v) is 10.2. The van der Waals surface area contributed by atoms with Gasteiger partial charge in [-0.25, -0.2) is 0 Å². The lowest BCUT2D eigenvalue weighted by molar-refractivity contribution is -0.107. The van der Waals surface area contributed by atoms with E-state index in [0.29, 0.717) is 13.1 Å². The van der Waals surface area contributed by atoms with E-state index >= 15 is 0 Å². The zero-order valence-corrected chi connectivity index (χ0v) is 15.3. The average molecular weight is 354 g/mol. The first kappa shape index (κ1) is 17.5. The number of hydrogen-bond donors (Lipinski definition) is 0. The summed E-state index contributed by atoms with van der Waals surface area (Å²) in [5.74, 6) is 0. The monoisotopic (exact) mass is 354 g/mol. The number of nitrogens with zero attached hydrogens (tertiary/aromatic N) is 2. The molecule has 0 spiro atoms. The molecule has 0 amide bonds. The number of para-hydroxylation sites is 2. The molecule has 130 valence electrons. The van der Waals surface area contributed by atoms with Crippen molar-refractivity contribution in [2.24, 2.45) is 0 Å². The Labute approximate surface area is 149 Å². The predicted molar refractivity (Wildman–Crippen MR) is 104 cm³/mol. The van der Waals surface area contributed by atoms with Gasteiger partial charge < -0.3 is 14.1 Å². The lowest BCUT2D eigenvalue weighted by Crippen LogP contribution is -2.27. The maximum Gasteiger partial charge on any atom is 0.270 e. The summed E-state index contributed by atoms with van der Waals surface area (Å²) in [6.07, 6.45) is 4.91. The molecule has 0 radical (unpaired) electrons. The fraction of sp³-hybridized carbons (Fsp3) is 0.250. The summed E-state index contributed by atoms with van der Waals surface area (Å²) in [5, 5.41) is 0. The second kappa shape index (κ2) is 7.71. The molecule has 3 rings (SSSR count). The lowest BCUT2D eigenvalue weighted by atomic mass is 10.3. The molecule has 0 saturated carbocycles. The quantitative estimate of drug-likeness (QED) is 0.427. The molecule has 1 heterocycles. The smallest absolute Gasteiger partial charge is 0.270 e. The van der Waals surface area contributed by atoms with Crippen molar-refractivity contribution in [1.82, 2.24) is 0 Å². The second-order valence-corrected chi connectivity index (χ2v) is 8.81. The predicted octanol–water partition coefficient (Wildman–Crippen LogP) is 4.74. The maximum absolute atomic E-state index is 14.4. The third-order valence-electron chi connectivity index (χ3n) is 4.51. The van der Waals surface area contributed by atoms with Gasteiger partial charge in [0.15, 0.2) is 0 Å². The molecule has 0 aliphatic carbocycles. The van der Waals surface area contributed by atoms with E-state index in [2.05, 4.69) is 0 Å². The second-order valence-electron chi connectivity index (χ2n) is 6.00. The molecule has 1 fully saturated rings. The van der Waals surface area contributed by atoms with Crippen LogP contribution in [0.2, 0.25) is 0 Å². The van der Waals surface area contributed by atoms with Gasteiger partial charge in [0.1, 0.15) is 6.29 Å². The van der Waals surface area contributed by atoms with Crippen LogP contribution in [-0.4, -0.2) is 25.0 Å². The molecule has 1 aliphatic heterocycles. The van der Waals surface area contributed by atoms with E-state index in [1.165, 1.54) is 0 Å². The van der Waals surface area contributed by atoms with Crippen molar-refractivity contribution in [2.45, 2.75) is 19.0 Å². The van der Waals surface area contributed by atoms with Crippen molar-refractivity contribution in [3.05, 3.63) is 72.8 Å². The molecule has 0 aromatic heterocycles. The van der Waals surface area contributed by atoms with Gasteiger partial charge >= 0.3 is 0 Å². The molecule has 0 bridgehead atoms. The molecular formula is C20H23N2O2P. The van der Waals surface area contributed by atoms with Crippen molar-refractivity contribution in [3.63, 3.8) is 0 Å². The van der Waals surface area contributed by atoms with E-state index in [1.54, 1.807) is 0 Å². The van der Waals surface area contributed by atoms with Crippen molar-refractivity contribution in [3.8, 4) is 0 Å². The summed E-state index contributed by atoms with van der Waals surface area (Å²) in [6.45, 7) is 3.24. The Morgan fingerprint density at radius 1 is 0.960 bits per heavy atom. The van der Waals surface area contributed by atoms with Crippen molar-refractivity contribution in [2.75, 3.05) is 22.4 Å². The third kappa shape index (κ3) is 3.27. The Morgan fingerprint density at radius 2 is 1.44 bits per heavy atom. The van der Waals surface area contributed by atoms with Crippen LogP contribution >= 0.6 is 7.44 Å². The number of benzene rings is 2. The first-order chi connectivity index (χ1) is 12.2. The number of anilines is 2. The molecule has 4 nitrogen and oxygen atoms in total. The van der Waals surface area contributed by atoms with Crippen molar-refractivity contribution in [1.29, 1.82) is 0 Å². The van der Waals surface area contributed by atoms with Gasteiger partial charge in [0.05, 0.1) is 5.66 Å². The standard InChI is InChI=1S/C20H23N2O2P/c1-2-9-20(14-17-23)25(24)21(18-10-5-3-6-11-18)15-16-22(25)19-12-7-4-8-13-19/h2-13,17,20H,14-16H2,1H3/b9-2+. The van der Waals surface area contributed by atoms with Crippen LogP contribution in [0.1, 0.15) is 13.3 Å². The van der Waals surface area contributed by atoms with Crippen LogP contribution < -0.4 is 9.34 Å². The number of carbonyl (C=O) groups is 1. The summed E-state index contributed by atoms with van der Waals surface area (Å²) < 4.78 is 18.4. The molecule has 0 N–H and O–H groups in total. The zero-order valence-electron chi connectivity index (χ0n) is 14.4. The molecule has 5 heteroatoms. The van der Waals surface area contributed by atoms with Crippen LogP contribution in [0, 0.1) is 0 Å². The number of allylic oxidation sites excluding steroid dienone is 2. The highest BCUT2D eigenvalue weighted by Crippen LogP contribution is 2.64. The Hall–Kier alpha value is -2.32. The van der Waals surface area contributed by atoms with Crippen LogP contribution in [0.4, 0.5) is 11.4 Å². The molecule has 1 atom stereocenters. The van der Waals surface area contributed by atoms with Crippen molar-refractivity contribution >= 4 is 25.1 Å². The Kier molecular flexibility index (Phi) is 5.40. The summed E-state index contributed by atoms with van der Waals surface area (Å²) in [4.78, 5) is 11.3. The molecule has 25 heavy (non-hydrogen) atoms. The SMILES string of the molecule is C/C=C/C(CC=O)P1(=O)N(c2ccccc2)CCN1c1ccccc1. The van der Waals surface area contributed by atoms with Gasteiger partial charge in [-0.3, -0.25) is 4.57 Å². The van der Waals surface area contributed by atoms with Gasteiger partial charge in [-0.05, 0) is 31.2 Å². The molecule has 2 aromatic rings. The van der Waals surface area contributed by atoms with Gasteiger partial charge in [-0.1, -0.05) is 48.6 Å². The Balaban J connectivity index is 2.11. The van der Waals surface area contributed by atoms with Crippen LogP contribution in [0.15, 0.2) is 72.8 Å². The van der Waals surface area contributed by atoms with E-state index in [0.717, 1.165) is 17.7 Å². The van der Waals surface area contributed by atoms with Crippen molar-refractivity contribution < 1.29 is 9.36 Å². The Bertz CT molecular complexity index is 725. The molecule has 2 aromatic carbocycles. The molecular weight excluding hydrogens is 331 g/mol. The highest BCUT2D eigenvalue weighted by molar-refractivity contribution is 7.68. The first-order valence-electron chi connectivity index (χ1n) is 8.54. The molecule has 1 aliphatic rings. The van der Waals surface area contributed by atoms with E-state index in [4.69, 9.17) is 0 Å². The normalized spacial score (nSPS) is 17.8. The van der Waals surface area contributed by atoms with E-state index in [1.807, 2.05) is 89.1 Å². The van der Waals surface area contributed by atoms with Gasteiger partial charge in [-0.15, -0.1) is 0 Å². The summed E-state index contributed by atoms with van der Waals surface area (Å²) in [5.41, 5.74) is 1.53. The van der Waals surface area contributed by atoms with Crippen LogP contribution in [0.3, 0.4) is 0 Å². The zero-order chi connectivity index (χ0) is 17.7. The minimum Gasteiger partial charge on any atom is -0.305 e. The highest BCUT2D eigenvalue weighted by atomic mass is 31.2. The van der Waals surface area contributed by atoms with E-state index in [-0.39, 0.29) is 12.1 Å². The van der Waals surface area contributed by atoms with Gasteiger partial charge in [0.25, 0.3) is 7.44 Å². The van der Waals surface area contributed by atoms with Gasteiger partial charge in [-0.2, -0.15) is 0 Å². The molecule has 1 saturated heterocycles. The average Bonchev–Trinajstić information content (AvgIpc) is 3.01. The van der Waals surface area contributed by atoms with Crippen LogP contribution in [-0.2, 0) is 9.36 Å². The fourth-order valence-electron chi connectivity index (χ4n) is 3.40. The number of aldehydes is 1. The van der Waals surface area contributed by atoms with Gasteiger partial charge in [0, 0.05) is 30.9 Å². The number of rotatable bonds is 6. The maximum atomic E-state index is 14.4. The van der Waals surface area contributed by atoms with E-state index in [9.17, 15) is 9.36 Å². The number of carbonyl (C=O) groups excluding carboxylic acids is 1. The van der Waals surface area contributed by atoms with Gasteiger partial charge in [0.2, 0.25) is 0 Å². The third-order valence-corrected chi connectivity index (χ3v) is 8.00. The lowest BCUT2D eigenvalue weighted by Gasteiger charge is -2.36. The summed E-state index contributed by atoms with van der Waals surface area (Å²) >= 11 is 0. The Morgan fingerprint density at radius 3 is 1.84 bits per heavy atom. The topological polar surface area (TPSA) is 40.6 Å². The van der Waals surface area contributed by atoms with Crippen LogP contribution in [0.5, 0.6) is 0 Å². The van der Waals surface area contributed by atoms with Crippen LogP contribution in [0.25, 0.3) is 0 Å². The summed E-state index contributed by atoms with van der Waals surface area (Å²) in [7, 11) is -3.03. The highest BCUT2D eigenvalue weighted by Gasteiger charge is 2.47.